The van der Waals surface area contributed by atoms with E-state index in [1.165, 1.54) is 32.1 Å². The lowest BCUT2D eigenvalue weighted by Crippen LogP contribution is -2.51. The second kappa shape index (κ2) is 9.40. The number of likely N-dealkylation sites (N-methyl/N-ethyl adjacent to an activating group) is 1. The van der Waals surface area contributed by atoms with Gasteiger partial charge in [-0.25, -0.2) is 0 Å². The Morgan fingerprint density at radius 2 is 1.67 bits per heavy atom. The Hall–Kier alpha value is -1.10. The van der Waals surface area contributed by atoms with E-state index in [0.29, 0.717) is 18.9 Å². The van der Waals surface area contributed by atoms with Crippen molar-refractivity contribution in [3.63, 3.8) is 0 Å². The van der Waals surface area contributed by atoms with Crippen molar-refractivity contribution >= 4 is 11.8 Å². The molecular formula is C19H35N3O2. The van der Waals surface area contributed by atoms with Gasteiger partial charge in [0.05, 0.1) is 6.54 Å². The zero-order valence-corrected chi connectivity index (χ0v) is 15.8. The first-order chi connectivity index (χ1) is 11.5. The molecule has 0 aromatic carbocycles. The summed E-state index contributed by atoms with van der Waals surface area (Å²) in [5, 5.41) is 0. The molecule has 1 saturated heterocycles. The molecule has 1 aliphatic carbocycles. The van der Waals surface area contributed by atoms with Crippen molar-refractivity contribution in [1.82, 2.24) is 14.7 Å². The van der Waals surface area contributed by atoms with Crippen LogP contribution in [0.2, 0.25) is 0 Å². The first kappa shape index (κ1) is 19.2. The number of hydrogen-bond acceptors (Lipinski definition) is 3. The SMILES string of the molecule is CC(C)N(C)C(=O)CN1CCN(C(=O)CCC2CCCCC2)CC1. The predicted molar refractivity (Wildman–Crippen MR) is 96.7 cm³/mol. The monoisotopic (exact) mass is 337 g/mol. The number of hydrogen-bond donors (Lipinski definition) is 0. The summed E-state index contributed by atoms with van der Waals surface area (Å²) < 4.78 is 0. The lowest BCUT2D eigenvalue weighted by Gasteiger charge is -2.35. The molecule has 2 amide bonds. The standard InChI is InChI=1S/C19H35N3O2/c1-16(2)20(3)19(24)15-21-11-13-22(14-12-21)18(23)10-9-17-7-5-4-6-8-17/h16-17H,4-15H2,1-3H3. The van der Waals surface area contributed by atoms with Crippen LogP contribution in [0.5, 0.6) is 0 Å². The van der Waals surface area contributed by atoms with E-state index < -0.39 is 0 Å². The van der Waals surface area contributed by atoms with E-state index in [9.17, 15) is 9.59 Å². The third kappa shape index (κ3) is 5.76. The maximum absolute atomic E-state index is 12.4. The largest absolute Gasteiger partial charge is 0.342 e. The minimum atomic E-state index is 0.169. The van der Waals surface area contributed by atoms with Gasteiger partial charge in [-0.3, -0.25) is 14.5 Å². The Morgan fingerprint density at radius 1 is 1.04 bits per heavy atom. The van der Waals surface area contributed by atoms with Crippen molar-refractivity contribution in [1.29, 1.82) is 0 Å². The van der Waals surface area contributed by atoms with E-state index in [1.807, 2.05) is 25.8 Å². The zero-order valence-electron chi connectivity index (χ0n) is 15.8. The molecule has 0 N–H and O–H groups in total. The quantitative estimate of drug-likeness (QED) is 0.747. The molecule has 0 aromatic heterocycles. The van der Waals surface area contributed by atoms with Crippen LogP contribution in [-0.4, -0.2) is 72.3 Å². The minimum absolute atomic E-state index is 0.169. The second-order valence-electron chi connectivity index (χ2n) is 7.80. The fraction of sp³-hybridized carbons (Fsp3) is 0.895. The number of amides is 2. The molecule has 1 aliphatic heterocycles. The summed E-state index contributed by atoms with van der Waals surface area (Å²) in [5.41, 5.74) is 0. The third-order valence-corrected chi connectivity index (χ3v) is 5.74. The van der Waals surface area contributed by atoms with E-state index in [4.69, 9.17) is 0 Å². The molecule has 1 heterocycles. The Kier molecular flexibility index (Phi) is 7.53. The van der Waals surface area contributed by atoms with Crippen molar-refractivity contribution in [2.75, 3.05) is 39.8 Å². The lowest BCUT2D eigenvalue weighted by molar-refractivity contribution is -0.135. The fourth-order valence-corrected chi connectivity index (χ4v) is 3.71. The minimum Gasteiger partial charge on any atom is -0.342 e. The first-order valence-electron chi connectivity index (χ1n) is 9.73. The number of rotatable bonds is 6. The molecule has 0 spiro atoms. The van der Waals surface area contributed by atoms with Gasteiger partial charge in [-0.05, 0) is 26.2 Å². The molecule has 1 saturated carbocycles. The predicted octanol–water partition coefficient (Wildman–Crippen LogP) is 2.36. The zero-order chi connectivity index (χ0) is 17.5. The van der Waals surface area contributed by atoms with E-state index >= 15 is 0 Å². The highest BCUT2D eigenvalue weighted by Gasteiger charge is 2.24. The van der Waals surface area contributed by atoms with Gasteiger partial charge in [-0.2, -0.15) is 0 Å². The van der Waals surface area contributed by atoms with Crippen molar-refractivity contribution < 1.29 is 9.59 Å². The molecule has 5 heteroatoms. The summed E-state index contributed by atoms with van der Waals surface area (Å²) in [6.45, 7) is 7.68. The summed E-state index contributed by atoms with van der Waals surface area (Å²) in [5.74, 6) is 1.25. The van der Waals surface area contributed by atoms with Crippen molar-refractivity contribution in [2.45, 2.75) is 64.8 Å². The van der Waals surface area contributed by atoms with Gasteiger partial charge in [0.2, 0.25) is 11.8 Å². The van der Waals surface area contributed by atoms with Crippen LogP contribution in [-0.2, 0) is 9.59 Å². The molecule has 0 unspecified atom stereocenters. The Morgan fingerprint density at radius 3 is 2.25 bits per heavy atom. The molecular weight excluding hydrogens is 302 g/mol. The smallest absolute Gasteiger partial charge is 0.236 e. The summed E-state index contributed by atoms with van der Waals surface area (Å²) in [6.07, 6.45) is 8.46. The molecule has 138 valence electrons. The van der Waals surface area contributed by atoms with Gasteiger partial charge in [0.1, 0.15) is 0 Å². The van der Waals surface area contributed by atoms with E-state index in [-0.39, 0.29) is 11.9 Å². The Bertz CT molecular complexity index is 411. The average molecular weight is 338 g/mol. The Balaban J connectivity index is 1.66. The molecule has 2 fully saturated rings. The lowest BCUT2D eigenvalue weighted by atomic mass is 9.86. The summed E-state index contributed by atoms with van der Waals surface area (Å²) in [7, 11) is 1.86. The van der Waals surface area contributed by atoms with Gasteiger partial charge < -0.3 is 9.80 Å². The third-order valence-electron chi connectivity index (χ3n) is 5.74. The van der Waals surface area contributed by atoms with Crippen molar-refractivity contribution in [2.24, 2.45) is 5.92 Å². The van der Waals surface area contributed by atoms with E-state index in [2.05, 4.69) is 4.90 Å². The van der Waals surface area contributed by atoms with Gasteiger partial charge >= 0.3 is 0 Å². The maximum Gasteiger partial charge on any atom is 0.236 e. The number of nitrogens with zero attached hydrogens (tertiary/aromatic N) is 3. The van der Waals surface area contributed by atoms with Crippen LogP contribution in [0.15, 0.2) is 0 Å². The fourth-order valence-electron chi connectivity index (χ4n) is 3.71. The Labute approximate surface area is 147 Å². The average Bonchev–Trinajstić information content (AvgIpc) is 2.60. The van der Waals surface area contributed by atoms with Crippen LogP contribution in [0.4, 0.5) is 0 Å². The number of carbonyl (C=O) groups is 2. The molecule has 0 radical (unpaired) electrons. The summed E-state index contributed by atoms with van der Waals surface area (Å²) >= 11 is 0. The van der Waals surface area contributed by atoms with Crippen LogP contribution in [0.3, 0.4) is 0 Å². The molecule has 5 nitrogen and oxygen atoms in total. The molecule has 2 aliphatic rings. The maximum atomic E-state index is 12.4. The van der Waals surface area contributed by atoms with Crippen LogP contribution in [0.25, 0.3) is 0 Å². The molecule has 24 heavy (non-hydrogen) atoms. The summed E-state index contributed by atoms with van der Waals surface area (Å²) in [4.78, 5) is 30.5. The normalized spacial score (nSPS) is 20.4. The van der Waals surface area contributed by atoms with Crippen LogP contribution in [0, 0.1) is 5.92 Å². The molecule has 0 aromatic rings. The van der Waals surface area contributed by atoms with E-state index in [0.717, 1.165) is 38.5 Å². The van der Waals surface area contributed by atoms with Crippen molar-refractivity contribution in [3.8, 4) is 0 Å². The van der Waals surface area contributed by atoms with Gasteiger partial charge in [0.25, 0.3) is 0 Å². The molecule has 0 bridgehead atoms. The van der Waals surface area contributed by atoms with Gasteiger partial charge in [-0.15, -0.1) is 0 Å². The second-order valence-corrected chi connectivity index (χ2v) is 7.80. The number of carbonyl (C=O) groups excluding carboxylic acids is 2. The molecule has 0 atom stereocenters. The molecule has 2 rings (SSSR count). The highest BCUT2D eigenvalue weighted by molar-refractivity contribution is 5.78. The van der Waals surface area contributed by atoms with Gasteiger partial charge in [0.15, 0.2) is 0 Å². The van der Waals surface area contributed by atoms with Crippen molar-refractivity contribution in [3.05, 3.63) is 0 Å². The van der Waals surface area contributed by atoms with E-state index in [1.54, 1.807) is 4.90 Å². The van der Waals surface area contributed by atoms with Gasteiger partial charge in [0, 0.05) is 45.7 Å². The number of piperazine rings is 1. The topological polar surface area (TPSA) is 43.9 Å². The first-order valence-corrected chi connectivity index (χ1v) is 9.73. The highest BCUT2D eigenvalue weighted by Crippen LogP contribution is 2.27. The summed E-state index contributed by atoms with van der Waals surface area (Å²) in [6, 6.07) is 0.236. The van der Waals surface area contributed by atoms with Crippen LogP contribution >= 0.6 is 0 Å². The van der Waals surface area contributed by atoms with Crippen LogP contribution < -0.4 is 0 Å². The van der Waals surface area contributed by atoms with Gasteiger partial charge in [-0.1, -0.05) is 32.1 Å². The highest BCUT2D eigenvalue weighted by atomic mass is 16.2. The van der Waals surface area contributed by atoms with Crippen LogP contribution in [0.1, 0.15) is 58.8 Å².